The molecule has 0 atom stereocenters. The summed E-state index contributed by atoms with van der Waals surface area (Å²) >= 11 is 5.96. The highest BCUT2D eigenvalue weighted by Gasteiger charge is 2.28. The maximum atomic E-state index is 12.3. The molecule has 2 aromatic carbocycles. The van der Waals surface area contributed by atoms with Gasteiger partial charge in [0.25, 0.3) is 11.8 Å². The third kappa shape index (κ3) is 5.31. The molecule has 0 aliphatic heterocycles. The molecule has 0 saturated heterocycles. The minimum atomic E-state index is -3.62. The zero-order chi connectivity index (χ0) is 20.1. The summed E-state index contributed by atoms with van der Waals surface area (Å²) in [6.45, 7) is 0.392. The van der Waals surface area contributed by atoms with Crippen LogP contribution in [0.4, 0.5) is 0 Å². The minimum absolute atomic E-state index is 0.00999. The van der Waals surface area contributed by atoms with Gasteiger partial charge in [-0.05, 0) is 43.2 Å². The summed E-state index contributed by atoms with van der Waals surface area (Å²) in [4.78, 5) is 24.4. The van der Waals surface area contributed by atoms with Crippen molar-refractivity contribution in [2.75, 3.05) is 13.1 Å². The lowest BCUT2D eigenvalue weighted by molar-refractivity contribution is 0.0927. The van der Waals surface area contributed by atoms with Crippen LogP contribution in [0.15, 0.2) is 53.4 Å². The van der Waals surface area contributed by atoms with Crippen molar-refractivity contribution in [2.24, 2.45) is 0 Å². The van der Waals surface area contributed by atoms with Crippen LogP contribution in [-0.4, -0.2) is 39.4 Å². The Morgan fingerprint density at radius 3 is 2.32 bits per heavy atom. The fraction of sp³-hybridized carbons (Fsp3) is 0.263. The van der Waals surface area contributed by atoms with Gasteiger partial charge in [0.1, 0.15) is 0 Å². The number of sulfonamides is 1. The molecule has 0 bridgehead atoms. The van der Waals surface area contributed by atoms with Gasteiger partial charge in [0.2, 0.25) is 10.0 Å². The lowest BCUT2D eigenvalue weighted by Gasteiger charge is -2.09. The summed E-state index contributed by atoms with van der Waals surface area (Å²) < 4.78 is 27.1. The monoisotopic (exact) mass is 421 g/mol. The van der Waals surface area contributed by atoms with Gasteiger partial charge >= 0.3 is 0 Å². The van der Waals surface area contributed by atoms with Gasteiger partial charge < -0.3 is 10.6 Å². The molecule has 7 nitrogen and oxygen atoms in total. The molecule has 0 radical (unpaired) electrons. The van der Waals surface area contributed by atoms with Gasteiger partial charge in [-0.1, -0.05) is 29.8 Å². The third-order valence-electron chi connectivity index (χ3n) is 4.12. The average molecular weight is 422 g/mol. The predicted molar refractivity (Wildman–Crippen MR) is 106 cm³/mol. The molecule has 3 rings (SSSR count). The number of carbonyl (C=O) groups excluding carboxylic acids is 2. The van der Waals surface area contributed by atoms with Crippen molar-refractivity contribution in [3.8, 4) is 0 Å². The van der Waals surface area contributed by atoms with Crippen molar-refractivity contribution in [1.82, 2.24) is 15.4 Å². The molecule has 28 heavy (non-hydrogen) atoms. The van der Waals surface area contributed by atoms with Crippen LogP contribution >= 0.6 is 11.6 Å². The maximum absolute atomic E-state index is 12.3. The number of amides is 2. The summed E-state index contributed by atoms with van der Waals surface area (Å²) in [5.74, 6) is -0.755. The molecule has 0 heterocycles. The number of benzene rings is 2. The molecule has 148 valence electrons. The summed E-state index contributed by atoms with van der Waals surface area (Å²) in [6.07, 6.45) is 1.67. The second-order valence-corrected chi connectivity index (χ2v) is 8.54. The largest absolute Gasteiger partial charge is 0.350 e. The van der Waals surface area contributed by atoms with Crippen molar-refractivity contribution in [3.05, 3.63) is 64.7 Å². The normalized spacial score (nSPS) is 13.8. The molecule has 9 heteroatoms. The van der Waals surface area contributed by atoms with E-state index in [4.69, 9.17) is 11.6 Å². The Labute approximate surface area is 168 Å². The number of halogens is 1. The van der Waals surface area contributed by atoms with Crippen molar-refractivity contribution < 1.29 is 18.0 Å². The number of rotatable bonds is 8. The number of hydrogen-bond donors (Lipinski definition) is 3. The van der Waals surface area contributed by atoms with Crippen LogP contribution in [0.5, 0.6) is 0 Å². The smallest absolute Gasteiger partial charge is 0.252 e. The van der Waals surface area contributed by atoms with Crippen molar-refractivity contribution in [2.45, 2.75) is 23.8 Å². The molecular formula is C19H20ClN3O4S. The zero-order valence-electron chi connectivity index (χ0n) is 14.9. The lowest BCUT2D eigenvalue weighted by atomic mass is 10.2. The standard InChI is InChI=1S/C19H20ClN3O4S/c20-17-7-2-1-6-16(17)19(25)22-11-10-21-18(24)13-4-3-5-15(12-13)28(26,27)23-14-8-9-14/h1-7,12,14,23H,8-11H2,(H,21,24)(H,22,25). The summed E-state index contributed by atoms with van der Waals surface area (Å²) in [6, 6.07) is 12.5. The highest BCUT2D eigenvalue weighted by molar-refractivity contribution is 7.89. The molecule has 0 spiro atoms. The molecule has 0 aromatic heterocycles. The van der Waals surface area contributed by atoms with E-state index in [9.17, 15) is 18.0 Å². The minimum Gasteiger partial charge on any atom is -0.350 e. The SMILES string of the molecule is O=C(NCCNC(=O)c1ccccc1Cl)c1cccc(S(=O)(=O)NC2CC2)c1. The predicted octanol–water partition coefficient (Wildman–Crippen LogP) is 1.94. The van der Waals surface area contributed by atoms with E-state index < -0.39 is 15.9 Å². The first-order chi connectivity index (χ1) is 13.4. The van der Waals surface area contributed by atoms with Crippen molar-refractivity contribution in [3.63, 3.8) is 0 Å². The quantitative estimate of drug-likeness (QED) is 0.566. The first-order valence-corrected chi connectivity index (χ1v) is 10.7. The van der Waals surface area contributed by atoms with Crippen LogP contribution < -0.4 is 15.4 Å². The molecule has 3 N–H and O–H groups in total. The first kappa shape index (κ1) is 20.3. The van der Waals surface area contributed by atoms with Gasteiger partial charge in [-0.3, -0.25) is 9.59 Å². The topological polar surface area (TPSA) is 104 Å². The van der Waals surface area contributed by atoms with Gasteiger partial charge in [-0.2, -0.15) is 0 Å². The average Bonchev–Trinajstić information content (AvgIpc) is 3.48. The van der Waals surface area contributed by atoms with E-state index in [1.165, 1.54) is 24.3 Å². The molecular weight excluding hydrogens is 402 g/mol. The van der Waals surface area contributed by atoms with Crippen LogP contribution in [-0.2, 0) is 10.0 Å². The highest BCUT2D eigenvalue weighted by atomic mass is 35.5. The fourth-order valence-corrected chi connectivity index (χ4v) is 4.06. The van der Waals surface area contributed by atoms with E-state index in [1.807, 2.05) is 0 Å². The van der Waals surface area contributed by atoms with Crippen LogP contribution in [0, 0.1) is 0 Å². The van der Waals surface area contributed by atoms with E-state index in [2.05, 4.69) is 15.4 Å². The first-order valence-electron chi connectivity index (χ1n) is 8.80. The Morgan fingerprint density at radius 2 is 1.64 bits per heavy atom. The number of carbonyl (C=O) groups is 2. The number of hydrogen-bond acceptors (Lipinski definition) is 4. The summed E-state index contributed by atoms with van der Waals surface area (Å²) in [5, 5.41) is 5.67. The Balaban J connectivity index is 1.52. The van der Waals surface area contributed by atoms with Gasteiger partial charge in [0.05, 0.1) is 15.5 Å². The van der Waals surface area contributed by atoms with Gasteiger partial charge in [-0.25, -0.2) is 13.1 Å². The van der Waals surface area contributed by atoms with E-state index >= 15 is 0 Å². The Bertz CT molecular complexity index is 990. The van der Waals surface area contributed by atoms with Gasteiger partial charge in [0.15, 0.2) is 0 Å². The second kappa shape index (κ2) is 8.72. The molecule has 1 aliphatic carbocycles. The summed E-state index contributed by atoms with van der Waals surface area (Å²) in [5.41, 5.74) is 0.590. The molecule has 1 aliphatic rings. The van der Waals surface area contributed by atoms with E-state index in [1.54, 1.807) is 24.3 Å². The highest BCUT2D eigenvalue weighted by Crippen LogP contribution is 2.22. The molecule has 2 aromatic rings. The molecule has 1 saturated carbocycles. The fourth-order valence-electron chi connectivity index (χ4n) is 2.49. The van der Waals surface area contributed by atoms with Gasteiger partial charge in [0, 0.05) is 24.7 Å². The second-order valence-electron chi connectivity index (χ2n) is 6.42. The van der Waals surface area contributed by atoms with Crippen molar-refractivity contribution >= 4 is 33.4 Å². The molecule has 0 unspecified atom stereocenters. The lowest BCUT2D eigenvalue weighted by Crippen LogP contribution is -2.35. The van der Waals surface area contributed by atoms with E-state index in [-0.39, 0.29) is 35.5 Å². The molecule has 1 fully saturated rings. The summed E-state index contributed by atoms with van der Waals surface area (Å²) in [7, 11) is -3.62. The zero-order valence-corrected chi connectivity index (χ0v) is 16.5. The van der Waals surface area contributed by atoms with Crippen LogP contribution in [0.2, 0.25) is 5.02 Å². The van der Waals surface area contributed by atoms with Crippen LogP contribution in [0.1, 0.15) is 33.6 Å². The third-order valence-corrected chi connectivity index (χ3v) is 5.97. The van der Waals surface area contributed by atoms with E-state index in [0.717, 1.165) is 12.8 Å². The van der Waals surface area contributed by atoms with Crippen LogP contribution in [0.3, 0.4) is 0 Å². The number of nitrogens with one attached hydrogen (secondary N) is 3. The van der Waals surface area contributed by atoms with Gasteiger partial charge in [-0.15, -0.1) is 0 Å². The Hall–Kier alpha value is -2.42. The maximum Gasteiger partial charge on any atom is 0.252 e. The van der Waals surface area contributed by atoms with Crippen LogP contribution in [0.25, 0.3) is 0 Å². The Morgan fingerprint density at radius 1 is 0.964 bits per heavy atom. The molecule has 2 amide bonds. The van der Waals surface area contributed by atoms with E-state index in [0.29, 0.717) is 10.6 Å². The Kier molecular flexibility index (Phi) is 6.33. The van der Waals surface area contributed by atoms with Crippen molar-refractivity contribution in [1.29, 1.82) is 0 Å².